The molecule has 4 aromatic rings. The molecule has 2 N–H and O–H groups in total. The van der Waals surface area contributed by atoms with E-state index in [4.69, 9.17) is 10.7 Å². The number of imidazole rings is 1. The van der Waals surface area contributed by atoms with E-state index in [0.29, 0.717) is 17.3 Å². The molecule has 0 radical (unpaired) electrons. The van der Waals surface area contributed by atoms with Gasteiger partial charge in [0.1, 0.15) is 22.9 Å². The number of hydrogen-bond donors (Lipinski definition) is 1. The predicted octanol–water partition coefficient (Wildman–Crippen LogP) is 4.46. The van der Waals surface area contributed by atoms with Gasteiger partial charge >= 0.3 is 0 Å². The van der Waals surface area contributed by atoms with E-state index in [1.165, 1.54) is 12.8 Å². The first kappa shape index (κ1) is 18.5. The fourth-order valence-electron chi connectivity index (χ4n) is 4.34. The van der Waals surface area contributed by atoms with Gasteiger partial charge in [0.05, 0.1) is 6.42 Å². The molecule has 0 aliphatic heterocycles. The van der Waals surface area contributed by atoms with Crippen molar-refractivity contribution in [2.24, 2.45) is 0 Å². The molecule has 0 amide bonds. The first-order valence-electron chi connectivity index (χ1n) is 10.4. The van der Waals surface area contributed by atoms with Crippen LogP contribution >= 0.6 is 0 Å². The molecule has 30 heavy (non-hydrogen) atoms. The molecule has 6 heteroatoms. The molecule has 1 aliphatic rings. The third kappa shape index (κ3) is 3.34. The Hall–Kier alpha value is -3.54. The smallest absolute Gasteiger partial charge is 0.168 e. The van der Waals surface area contributed by atoms with E-state index >= 15 is 0 Å². The van der Waals surface area contributed by atoms with Crippen molar-refractivity contribution in [3.63, 3.8) is 0 Å². The minimum Gasteiger partial charge on any atom is -0.382 e. The Bertz CT molecular complexity index is 1190. The van der Waals surface area contributed by atoms with E-state index in [0.717, 1.165) is 41.1 Å². The number of aromatic nitrogens is 4. The highest BCUT2D eigenvalue weighted by Gasteiger charge is 2.25. The molecule has 1 saturated carbocycles. The molecule has 3 heterocycles. The molecule has 0 saturated heterocycles. The van der Waals surface area contributed by atoms with Crippen LogP contribution in [0.4, 0.5) is 5.82 Å². The summed E-state index contributed by atoms with van der Waals surface area (Å²) < 4.78 is 2.09. The number of nitrogens with two attached hydrogens (primary N) is 1. The molecule has 0 unspecified atom stereocenters. The van der Waals surface area contributed by atoms with Crippen LogP contribution in [-0.4, -0.2) is 25.1 Å². The Kier molecular flexibility index (Phi) is 4.75. The Morgan fingerprint density at radius 2 is 1.83 bits per heavy atom. The Labute approximate surface area is 174 Å². The second kappa shape index (κ2) is 7.71. The van der Waals surface area contributed by atoms with Gasteiger partial charge in [0.2, 0.25) is 0 Å². The average molecular weight is 397 g/mol. The highest BCUT2D eigenvalue weighted by atomic mass is 16.1. The van der Waals surface area contributed by atoms with E-state index in [9.17, 15) is 4.79 Å². The summed E-state index contributed by atoms with van der Waals surface area (Å²) in [6.07, 6.45) is 10.5. The van der Waals surface area contributed by atoms with Gasteiger partial charge in [0.25, 0.3) is 0 Å². The molecular weight excluding hydrogens is 374 g/mol. The van der Waals surface area contributed by atoms with Crippen molar-refractivity contribution >= 4 is 17.1 Å². The first-order valence-corrected chi connectivity index (χ1v) is 10.4. The fraction of sp³-hybridized carbons (Fsp3) is 0.250. The zero-order chi connectivity index (χ0) is 20.5. The number of hydrogen-bond acceptors (Lipinski definition) is 5. The molecule has 5 rings (SSSR count). The molecule has 0 bridgehead atoms. The number of anilines is 1. The van der Waals surface area contributed by atoms with Crippen LogP contribution in [-0.2, 0) is 6.42 Å². The zero-order valence-corrected chi connectivity index (χ0v) is 16.7. The molecule has 150 valence electrons. The van der Waals surface area contributed by atoms with Crippen LogP contribution in [0.25, 0.3) is 16.8 Å². The van der Waals surface area contributed by atoms with Crippen LogP contribution in [0.15, 0.2) is 61.1 Å². The van der Waals surface area contributed by atoms with E-state index in [2.05, 4.69) is 14.4 Å². The topological polar surface area (TPSA) is 86.2 Å². The summed E-state index contributed by atoms with van der Waals surface area (Å²) in [4.78, 5) is 26.1. The maximum Gasteiger partial charge on any atom is 0.168 e. The van der Waals surface area contributed by atoms with E-state index in [1.54, 1.807) is 12.4 Å². The highest BCUT2D eigenvalue weighted by Crippen LogP contribution is 2.37. The number of Topliss-reactive ketones (excluding diaryl/α,β-unsaturated/α-hetero) is 1. The van der Waals surface area contributed by atoms with Crippen LogP contribution in [0.2, 0.25) is 0 Å². The Morgan fingerprint density at radius 1 is 1.03 bits per heavy atom. The Balaban J connectivity index is 1.49. The summed E-state index contributed by atoms with van der Waals surface area (Å²) in [5, 5.41) is 0. The maximum absolute atomic E-state index is 12.6. The lowest BCUT2D eigenvalue weighted by atomic mass is 10.0. The fourth-order valence-corrected chi connectivity index (χ4v) is 4.34. The number of nitrogen functional groups attached to an aromatic ring is 1. The van der Waals surface area contributed by atoms with Crippen molar-refractivity contribution < 1.29 is 4.79 Å². The molecule has 1 fully saturated rings. The lowest BCUT2D eigenvalue weighted by Gasteiger charge is -2.07. The van der Waals surface area contributed by atoms with Crippen molar-refractivity contribution in [2.75, 3.05) is 5.73 Å². The van der Waals surface area contributed by atoms with Crippen LogP contribution in [0, 0.1) is 0 Å². The van der Waals surface area contributed by atoms with Gasteiger partial charge in [-0.05, 0) is 25.0 Å². The predicted molar refractivity (Wildman–Crippen MR) is 116 cm³/mol. The molecule has 3 aromatic heterocycles. The second-order valence-corrected chi connectivity index (χ2v) is 7.83. The third-order valence-corrected chi connectivity index (χ3v) is 5.88. The molecule has 0 spiro atoms. The number of carbonyl (C=O) groups is 1. The van der Waals surface area contributed by atoms with Gasteiger partial charge in [0, 0.05) is 41.3 Å². The van der Waals surface area contributed by atoms with Crippen LogP contribution in [0.5, 0.6) is 0 Å². The van der Waals surface area contributed by atoms with E-state index < -0.39 is 0 Å². The van der Waals surface area contributed by atoms with Crippen molar-refractivity contribution in [1.82, 2.24) is 19.4 Å². The number of nitrogens with zero attached hydrogens (tertiary/aromatic N) is 4. The van der Waals surface area contributed by atoms with Gasteiger partial charge in [-0.25, -0.2) is 9.97 Å². The Morgan fingerprint density at radius 3 is 2.57 bits per heavy atom. The largest absolute Gasteiger partial charge is 0.382 e. The van der Waals surface area contributed by atoms with E-state index in [1.807, 2.05) is 48.7 Å². The molecule has 0 atom stereocenters. The maximum atomic E-state index is 12.6. The van der Waals surface area contributed by atoms with Crippen molar-refractivity contribution in [3.05, 3.63) is 78.1 Å². The normalized spacial score (nSPS) is 14.4. The van der Waals surface area contributed by atoms with Crippen LogP contribution in [0.1, 0.15) is 53.5 Å². The zero-order valence-electron chi connectivity index (χ0n) is 16.7. The van der Waals surface area contributed by atoms with Gasteiger partial charge in [-0.15, -0.1) is 0 Å². The quantitative estimate of drug-likeness (QED) is 0.503. The van der Waals surface area contributed by atoms with Crippen LogP contribution < -0.4 is 5.73 Å². The van der Waals surface area contributed by atoms with Gasteiger partial charge in [0.15, 0.2) is 5.78 Å². The van der Waals surface area contributed by atoms with Crippen LogP contribution in [0.3, 0.4) is 0 Å². The first-order chi connectivity index (χ1) is 14.7. The van der Waals surface area contributed by atoms with Gasteiger partial charge in [-0.1, -0.05) is 43.2 Å². The number of carbonyl (C=O) groups excluding carboxylic acids is 1. The number of rotatable bonds is 5. The molecule has 1 aromatic carbocycles. The number of ketones is 1. The monoisotopic (exact) mass is 397 g/mol. The van der Waals surface area contributed by atoms with Gasteiger partial charge in [-0.2, -0.15) is 0 Å². The van der Waals surface area contributed by atoms with Crippen molar-refractivity contribution in [1.29, 1.82) is 0 Å². The van der Waals surface area contributed by atoms with E-state index in [-0.39, 0.29) is 12.2 Å². The minimum atomic E-state index is 0.0442. The minimum absolute atomic E-state index is 0.0442. The SMILES string of the molecule is Nc1nccn2c(C3CCCC3)nc(-c3ccc(C(=O)Cc4ccccn4)cc3)c12. The highest BCUT2D eigenvalue weighted by molar-refractivity contribution is 5.98. The molecule has 6 nitrogen and oxygen atoms in total. The molecular formula is C24H23N5O. The summed E-state index contributed by atoms with van der Waals surface area (Å²) in [5.41, 5.74) is 10.3. The lowest BCUT2D eigenvalue weighted by Crippen LogP contribution is -2.04. The second-order valence-electron chi connectivity index (χ2n) is 7.83. The summed E-state index contributed by atoms with van der Waals surface area (Å²) in [7, 11) is 0. The van der Waals surface area contributed by atoms with Gasteiger partial charge < -0.3 is 5.73 Å². The van der Waals surface area contributed by atoms with Crippen molar-refractivity contribution in [2.45, 2.75) is 38.0 Å². The summed E-state index contributed by atoms with van der Waals surface area (Å²) in [5.74, 6) is 2.02. The summed E-state index contributed by atoms with van der Waals surface area (Å²) in [6, 6.07) is 13.2. The summed E-state index contributed by atoms with van der Waals surface area (Å²) >= 11 is 0. The third-order valence-electron chi connectivity index (χ3n) is 5.88. The lowest BCUT2D eigenvalue weighted by molar-refractivity contribution is 0.0992. The summed E-state index contributed by atoms with van der Waals surface area (Å²) in [6.45, 7) is 0. The standard InChI is InChI=1S/C24H23N5O/c25-23-22-21(28-24(18-5-1-2-6-18)29(22)14-13-27-23)17-10-8-16(9-11-17)20(30)15-19-7-3-4-12-26-19/h3-4,7-14,18H,1-2,5-6,15H2,(H2,25,27). The van der Waals surface area contributed by atoms with Crippen molar-refractivity contribution in [3.8, 4) is 11.3 Å². The number of fused-ring (bicyclic) bond motifs is 1. The number of benzene rings is 1. The number of pyridine rings is 1. The average Bonchev–Trinajstić information content (AvgIpc) is 3.43. The van der Waals surface area contributed by atoms with Gasteiger partial charge in [-0.3, -0.25) is 14.2 Å². The molecule has 1 aliphatic carbocycles.